The van der Waals surface area contributed by atoms with Gasteiger partial charge < -0.3 is 19.5 Å². The minimum atomic E-state index is 0.102. The fourth-order valence-corrected chi connectivity index (χ4v) is 3.66. The summed E-state index contributed by atoms with van der Waals surface area (Å²) >= 11 is 6.42. The predicted octanol–water partition coefficient (Wildman–Crippen LogP) is 3.47. The van der Waals surface area contributed by atoms with Crippen molar-refractivity contribution in [3.63, 3.8) is 0 Å². The van der Waals surface area contributed by atoms with E-state index in [1.807, 2.05) is 0 Å². The van der Waals surface area contributed by atoms with Crippen molar-refractivity contribution in [2.45, 2.75) is 39.2 Å². The second-order valence-electron chi connectivity index (χ2n) is 7.17. The van der Waals surface area contributed by atoms with Crippen LogP contribution >= 0.6 is 11.6 Å². The van der Waals surface area contributed by atoms with Crippen molar-refractivity contribution in [1.29, 1.82) is 0 Å². The SMILES string of the molecule is COCCCOC1=C(Cl)CC2CNC(C(C)(C)COC)CC2=C1. The first-order valence-corrected chi connectivity index (χ1v) is 8.79. The zero-order chi connectivity index (χ0) is 16.9. The number of methoxy groups -OCH3 is 2. The summed E-state index contributed by atoms with van der Waals surface area (Å²) in [6.45, 7) is 7.58. The molecule has 2 aliphatic rings. The van der Waals surface area contributed by atoms with Gasteiger partial charge in [-0.1, -0.05) is 31.0 Å². The molecule has 1 saturated heterocycles. The van der Waals surface area contributed by atoms with E-state index in [-0.39, 0.29) is 5.41 Å². The maximum atomic E-state index is 6.42. The molecule has 0 amide bonds. The molecule has 1 aliphatic heterocycles. The number of fused-ring (bicyclic) bond motifs is 1. The molecule has 5 heteroatoms. The molecule has 0 aromatic carbocycles. The van der Waals surface area contributed by atoms with Crippen LogP contribution in [0.15, 0.2) is 22.4 Å². The van der Waals surface area contributed by atoms with E-state index in [1.165, 1.54) is 5.57 Å². The molecule has 4 nitrogen and oxygen atoms in total. The van der Waals surface area contributed by atoms with Gasteiger partial charge in [0.1, 0.15) is 5.76 Å². The summed E-state index contributed by atoms with van der Waals surface area (Å²) < 4.78 is 16.3. The number of halogens is 1. The molecule has 1 heterocycles. The molecular formula is C18H30ClNO3. The normalized spacial score (nSPS) is 25.2. The monoisotopic (exact) mass is 343 g/mol. The van der Waals surface area contributed by atoms with Gasteiger partial charge in [-0.25, -0.2) is 0 Å². The Balaban J connectivity index is 2.00. The van der Waals surface area contributed by atoms with E-state index in [0.29, 0.717) is 25.2 Å². The van der Waals surface area contributed by atoms with Gasteiger partial charge in [0.25, 0.3) is 0 Å². The van der Waals surface area contributed by atoms with Gasteiger partial charge in [-0.15, -0.1) is 0 Å². The largest absolute Gasteiger partial charge is 0.492 e. The Morgan fingerprint density at radius 3 is 2.70 bits per heavy atom. The molecule has 0 aromatic heterocycles. The highest BCUT2D eigenvalue weighted by Crippen LogP contribution is 2.39. The Hall–Kier alpha value is -0.550. The van der Waals surface area contributed by atoms with Crippen LogP contribution in [0.3, 0.4) is 0 Å². The first kappa shape index (κ1) is 18.8. The number of rotatable bonds is 8. The van der Waals surface area contributed by atoms with Crippen LogP contribution < -0.4 is 5.32 Å². The Labute approximate surface area is 145 Å². The number of allylic oxidation sites excluding steroid dienone is 2. The maximum absolute atomic E-state index is 6.42. The lowest BCUT2D eigenvalue weighted by Crippen LogP contribution is -2.50. The molecule has 1 fully saturated rings. The fourth-order valence-electron chi connectivity index (χ4n) is 3.36. The summed E-state index contributed by atoms with van der Waals surface area (Å²) in [5, 5.41) is 4.52. The van der Waals surface area contributed by atoms with Gasteiger partial charge >= 0.3 is 0 Å². The van der Waals surface area contributed by atoms with Crippen LogP contribution in [0.1, 0.15) is 33.1 Å². The van der Waals surface area contributed by atoms with E-state index in [4.69, 9.17) is 25.8 Å². The average molecular weight is 344 g/mol. The third-order valence-electron chi connectivity index (χ3n) is 4.79. The third kappa shape index (κ3) is 4.96. The van der Waals surface area contributed by atoms with Crippen LogP contribution in [-0.2, 0) is 14.2 Å². The molecule has 2 atom stereocenters. The first-order chi connectivity index (χ1) is 11.0. The van der Waals surface area contributed by atoms with Crippen molar-refractivity contribution in [2.24, 2.45) is 11.3 Å². The van der Waals surface area contributed by atoms with Crippen LogP contribution in [0.4, 0.5) is 0 Å². The zero-order valence-electron chi connectivity index (χ0n) is 14.8. The van der Waals surface area contributed by atoms with Gasteiger partial charge in [0.05, 0.1) is 18.2 Å². The number of piperidine rings is 1. The quantitative estimate of drug-likeness (QED) is 0.685. The van der Waals surface area contributed by atoms with Gasteiger partial charge in [-0.2, -0.15) is 0 Å². The minimum absolute atomic E-state index is 0.102. The van der Waals surface area contributed by atoms with Crippen LogP contribution in [0, 0.1) is 11.3 Å². The maximum Gasteiger partial charge on any atom is 0.133 e. The molecule has 0 bridgehead atoms. The summed E-state index contributed by atoms with van der Waals surface area (Å²) in [6, 6.07) is 0.413. The summed E-state index contributed by atoms with van der Waals surface area (Å²) in [5.41, 5.74) is 1.55. The standard InChI is InChI=1S/C18H30ClNO3/c1-18(2,12-22-4)17-10-13-9-16(23-7-5-6-21-3)15(19)8-14(13)11-20-17/h9,14,17,20H,5-8,10-12H2,1-4H3. The molecule has 23 heavy (non-hydrogen) atoms. The molecular weight excluding hydrogens is 314 g/mol. The molecule has 0 saturated carbocycles. The van der Waals surface area contributed by atoms with Crippen molar-refractivity contribution >= 4 is 11.6 Å². The summed E-state index contributed by atoms with van der Waals surface area (Å²) in [7, 11) is 3.47. The number of hydrogen-bond donors (Lipinski definition) is 1. The van der Waals surface area contributed by atoms with Crippen molar-refractivity contribution in [3.8, 4) is 0 Å². The lowest BCUT2D eigenvalue weighted by atomic mass is 9.74. The Morgan fingerprint density at radius 1 is 1.22 bits per heavy atom. The summed E-state index contributed by atoms with van der Waals surface area (Å²) in [6.07, 6.45) is 4.94. The molecule has 132 valence electrons. The molecule has 1 aliphatic carbocycles. The van der Waals surface area contributed by atoms with Crippen molar-refractivity contribution in [1.82, 2.24) is 5.32 Å². The fraction of sp³-hybridized carbons (Fsp3) is 0.778. The van der Waals surface area contributed by atoms with Gasteiger partial charge in [0, 0.05) is 45.2 Å². The van der Waals surface area contributed by atoms with Crippen LogP contribution in [0.2, 0.25) is 0 Å². The average Bonchev–Trinajstić information content (AvgIpc) is 2.51. The molecule has 2 unspecified atom stereocenters. The molecule has 0 aromatic rings. The molecule has 1 N–H and O–H groups in total. The second kappa shape index (κ2) is 8.52. The first-order valence-electron chi connectivity index (χ1n) is 8.41. The highest BCUT2D eigenvalue weighted by molar-refractivity contribution is 6.30. The van der Waals surface area contributed by atoms with Crippen LogP contribution in [0.5, 0.6) is 0 Å². The van der Waals surface area contributed by atoms with Crippen LogP contribution in [-0.4, -0.2) is 46.6 Å². The van der Waals surface area contributed by atoms with E-state index in [0.717, 1.165) is 43.2 Å². The number of ether oxygens (including phenoxy) is 3. The van der Waals surface area contributed by atoms with E-state index < -0.39 is 0 Å². The van der Waals surface area contributed by atoms with Crippen molar-refractivity contribution in [3.05, 3.63) is 22.4 Å². The van der Waals surface area contributed by atoms with Gasteiger partial charge in [0.15, 0.2) is 0 Å². The lowest BCUT2D eigenvalue weighted by Gasteiger charge is -2.42. The predicted molar refractivity (Wildman–Crippen MR) is 93.6 cm³/mol. The van der Waals surface area contributed by atoms with E-state index in [9.17, 15) is 0 Å². The Morgan fingerprint density at radius 2 is 2.00 bits per heavy atom. The van der Waals surface area contributed by atoms with E-state index in [2.05, 4.69) is 25.2 Å². The zero-order valence-corrected chi connectivity index (χ0v) is 15.5. The lowest BCUT2D eigenvalue weighted by molar-refractivity contribution is 0.0674. The molecule has 0 radical (unpaired) electrons. The van der Waals surface area contributed by atoms with Crippen LogP contribution in [0.25, 0.3) is 0 Å². The van der Waals surface area contributed by atoms with Crippen molar-refractivity contribution < 1.29 is 14.2 Å². The van der Waals surface area contributed by atoms with Gasteiger partial charge in [-0.05, 0) is 24.8 Å². The summed E-state index contributed by atoms with van der Waals surface area (Å²) in [5.74, 6) is 1.34. The van der Waals surface area contributed by atoms with Gasteiger partial charge in [0.2, 0.25) is 0 Å². The Bertz CT molecular complexity index is 459. The molecule has 0 spiro atoms. The second-order valence-corrected chi connectivity index (χ2v) is 7.63. The van der Waals surface area contributed by atoms with E-state index >= 15 is 0 Å². The van der Waals surface area contributed by atoms with Crippen molar-refractivity contribution in [2.75, 3.05) is 40.6 Å². The minimum Gasteiger partial charge on any atom is -0.492 e. The smallest absolute Gasteiger partial charge is 0.133 e. The van der Waals surface area contributed by atoms with Gasteiger partial charge in [-0.3, -0.25) is 0 Å². The Kier molecular flexibility index (Phi) is 6.96. The van der Waals surface area contributed by atoms with E-state index in [1.54, 1.807) is 14.2 Å². The number of nitrogens with one attached hydrogen (secondary N) is 1. The highest BCUT2D eigenvalue weighted by Gasteiger charge is 2.37. The topological polar surface area (TPSA) is 39.7 Å². The number of hydrogen-bond acceptors (Lipinski definition) is 4. The molecule has 2 rings (SSSR count). The summed E-state index contributed by atoms with van der Waals surface area (Å²) in [4.78, 5) is 0. The highest BCUT2D eigenvalue weighted by atomic mass is 35.5. The third-order valence-corrected chi connectivity index (χ3v) is 5.13.